The Hall–Kier alpha value is -3.12. The molecule has 142 valence electrons. The maximum absolute atomic E-state index is 13.5. The van der Waals surface area contributed by atoms with Gasteiger partial charge in [0.2, 0.25) is 5.91 Å². The first kappa shape index (κ1) is 18.3. The second-order valence-corrected chi connectivity index (χ2v) is 7.68. The van der Waals surface area contributed by atoms with E-state index >= 15 is 0 Å². The number of thiophene rings is 1. The van der Waals surface area contributed by atoms with Crippen LogP contribution in [0.25, 0.3) is 0 Å². The maximum Gasteiger partial charge on any atom is 0.256 e. The van der Waals surface area contributed by atoms with Crippen molar-refractivity contribution in [2.24, 2.45) is 0 Å². The van der Waals surface area contributed by atoms with Crippen LogP contribution in [-0.4, -0.2) is 18.9 Å². The quantitative estimate of drug-likeness (QED) is 0.657. The Morgan fingerprint density at radius 3 is 2.50 bits per heavy atom. The molecule has 2 amide bonds. The van der Waals surface area contributed by atoms with Gasteiger partial charge in [-0.1, -0.05) is 35.9 Å². The summed E-state index contributed by atoms with van der Waals surface area (Å²) >= 11 is 1.47. The third-order valence-electron chi connectivity index (χ3n) is 4.99. The molecule has 1 fully saturated rings. The number of aryl methyl sites for hydroxylation is 1. The molecule has 1 atom stereocenters. The monoisotopic (exact) mass is 392 g/mol. The third-order valence-corrected chi connectivity index (χ3v) is 6.01. The smallest absolute Gasteiger partial charge is 0.256 e. The molecule has 0 bridgehead atoms. The lowest BCUT2D eigenvalue weighted by Crippen LogP contribution is -2.67. The predicted molar refractivity (Wildman–Crippen MR) is 111 cm³/mol. The number of amides is 2. The van der Waals surface area contributed by atoms with E-state index in [0.717, 1.165) is 10.4 Å². The van der Waals surface area contributed by atoms with E-state index in [1.165, 1.54) is 11.3 Å². The molecule has 1 saturated heterocycles. The zero-order chi connectivity index (χ0) is 19.7. The molecule has 0 saturated carbocycles. The number of rotatable bonds is 5. The Balaban J connectivity index is 1.76. The highest BCUT2D eigenvalue weighted by Crippen LogP contribution is 2.47. The van der Waals surface area contributed by atoms with E-state index in [9.17, 15) is 9.59 Å². The highest BCUT2D eigenvalue weighted by molar-refractivity contribution is 7.10. The minimum Gasteiger partial charge on any atom is -0.495 e. The number of hydrogen-bond donors (Lipinski definition) is 1. The average molecular weight is 392 g/mol. The number of β-lactam (4-membered cyclic amide) rings is 1. The van der Waals surface area contributed by atoms with Gasteiger partial charge in [0.1, 0.15) is 5.75 Å². The number of nitrogens with zero attached hydrogens (tertiary/aromatic N) is 1. The Kier molecular flexibility index (Phi) is 4.65. The van der Waals surface area contributed by atoms with Crippen molar-refractivity contribution in [3.63, 3.8) is 0 Å². The molecule has 2 aromatic carbocycles. The molecule has 28 heavy (non-hydrogen) atoms. The van der Waals surface area contributed by atoms with Crippen LogP contribution in [-0.2, 0) is 15.1 Å². The topological polar surface area (TPSA) is 58.6 Å². The van der Waals surface area contributed by atoms with Crippen molar-refractivity contribution < 1.29 is 14.3 Å². The van der Waals surface area contributed by atoms with Gasteiger partial charge in [-0.3, -0.25) is 14.5 Å². The molecule has 1 aliphatic rings. The van der Waals surface area contributed by atoms with Crippen molar-refractivity contribution in [3.05, 3.63) is 76.5 Å². The Morgan fingerprint density at radius 1 is 1.11 bits per heavy atom. The summed E-state index contributed by atoms with van der Waals surface area (Å²) in [6.07, 6.45) is 0.127. The van der Waals surface area contributed by atoms with Crippen LogP contribution in [0.3, 0.4) is 0 Å². The second kappa shape index (κ2) is 7.13. The van der Waals surface area contributed by atoms with Gasteiger partial charge in [-0.05, 0) is 42.6 Å². The van der Waals surface area contributed by atoms with Crippen LogP contribution in [0, 0.1) is 6.92 Å². The van der Waals surface area contributed by atoms with Crippen LogP contribution in [0.4, 0.5) is 11.4 Å². The molecule has 5 nitrogen and oxygen atoms in total. The molecule has 6 heteroatoms. The number of ether oxygens (including phenoxy) is 1. The zero-order valence-electron chi connectivity index (χ0n) is 15.6. The fourth-order valence-corrected chi connectivity index (χ4v) is 4.45. The molecule has 1 aliphatic heterocycles. The van der Waals surface area contributed by atoms with E-state index in [4.69, 9.17) is 4.74 Å². The van der Waals surface area contributed by atoms with Gasteiger partial charge in [0, 0.05) is 10.6 Å². The summed E-state index contributed by atoms with van der Waals surface area (Å²) in [5.41, 5.74) is 1.32. The van der Waals surface area contributed by atoms with Crippen LogP contribution in [0.15, 0.2) is 66.0 Å². The fourth-order valence-electron chi connectivity index (χ4n) is 3.54. The van der Waals surface area contributed by atoms with Crippen molar-refractivity contribution in [1.82, 2.24) is 0 Å². The highest BCUT2D eigenvalue weighted by Gasteiger charge is 2.59. The molecule has 2 heterocycles. The maximum atomic E-state index is 13.5. The first-order chi connectivity index (χ1) is 13.6. The molecule has 0 radical (unpaired) electrons. The Labute approximate surface area is 167 Å². The first-order valence-electron chi connectivity index (χ1n) is 8.94. The number of hydrogen-bond acceptors (Lipinski definition) is 4. The molecule has 1 N–H and O–H groups in total. The number of carbonyl (C=O) groups is 2. The SMILES string of the molecule is COc1ccccc1NC(=O)C1(c2cccs2)CC(=O)N1c1ccc(C)cc1. The van der Waals surface area contributed by atoms with Gasteiger partial charge in [-0.2, -0.15) is 0 Å². The molecular formula is C22H20N2O3S. The third kappa shape index (κ3) is 2.86. The minimum absolute atomic E-state index is 0.0765. The summed E-state index contributed by atoms with van der Waals surface area (Å²) in [5, 5.41) is 4.89. The summed E-state index contributed by atoms with van der Waals surface area (Å²) in [7, 11) is 1.56. The molecule has 1 unspecified atom stereocenters. The van der Waals surface area contributed by atoms with Gasteiger partial charge in [0.25, 0.3) is 5.91 Å². The Bertz CT molecular complexity index is 1010. The lowest BCUT2D eigenvalue weighted by Gasteiger charge is -2.49. The molecule has 0 spiro atoms. The molecule has 4 rings (SSSR count). The van der Waals surface area contributed by atoms with E-state index < -0.39 is 5.54 Å². The van der Waals surface area contributed by atoms with Crippen LogP contribution in [0.1, 0.15) is 16.9 Å². The lowest BCUT2D eigenvalue weighted by molar-refractivity contribution is -0.137. The van der Waals surface area contributed by atoms with Gasteiger partial charge < -0.3 is 10.1 Å². The number of para-hydroxylation sites is 2. The number of nitrogens with one attached hydrogen (secondary N) is 1. The van der Waals surface area contributed by atoms with Crippen molar-refractivity contribution in [1.29, 1.82) is 0 Å². The standard InChI is InChI=1S/C22H20N2O3S/c1-15-9-11-16(12-10-15)24-20(25)14-22(24,19-8-5-13-28-19)21(26)23-17-6-3-4-7-18(17)27-2/h3-13H,14H2,1-2H3,(H,23,26). The summed E-state index contributed by atoms with van der Waals surface area (Å²) in [5.74, 6) is 0.247. The number of benzene rings is 2. The molecular weight excluding hydrogens is 372 g/mol. The van der Waals surface area contributed by atoms with Gasteiger partial charge in [-0.25, -0.2) is 0 Å². The Morgan fingerprint density at radius 2 is 1.86 bits per heavy atom. The minimum atomic E-state index is -1.07. The zero-order valence-corrected chi connectivity index (χ0v) is 16.5. The van der Waals surface area contributed by atoms with Crippen LogP contribution in [0.2, 0.25) is 0 Å². The molecule has 3 aromatic rings. The van der Waals surface area contributed by atoms with Crippen molar-refractivity contribution >= 4 is 34.5 Å². The number of methoxy groups -OCH3 is 1. The van der Waals surface area contributed by atoms with Gasteiger partial charge >= 0.3 is 0 Å². The van der Waals surface area contributed by atoms with Crippen LogP contribution in [0.5, 0.6) is 5.75 Å². The van der Waals surface area contributed by atoms with E-state index in [2.05, 4.69) is 5.32 Å². The normalized spacial score (nSPS) is 18.5. The highest BCUT2D eigenvalue weighted by atomic mass is 32.1. The van der Waals surface area contributed by atoms with Gasteiger partial charge in [0.15, 0.2) is 5.54 Å². The van der Waals surface area contributed by atoms with E-state index in [0.29, 0.717) is 17.1 Å². The summed E-state index contributed by atoms with van der Waals surface area (Å²) in [4.78, 5) is 28.6. The fraction of sp³-hybridized carbons (Fsp3) is 0.182. The molecule has 0 aliphatic carbocycles. The predicted octanol–water partition coefficient (Wildman–Crippen LogP) is 4.34. The number of anilines is 2. The van der Waals surface area contributed by atoms with E-state index in [1.807, 2.05) is 60.8 Å². The average Bonchev–Trinajstić information content (AvgIpc) is 3.22. The van der Waals surface area contributed by atoms with Gasteiger partial charge in [-0.15, -0.1) is 11.3 Å². The number of carbonyl (C=O) groups excluding carboxylic acids is 2. The molecule has 1 aromatic heterocycles. The van der Waals surface area contributed by atoms with E-state index in [1.54, 1.807) is 24.1 Å². The van der Waals surface area contributed by atoms with Crippen LogP contribution >= 0.6 is 11.3 Å². The van der Waals surface area contributed by atoms with E-state index in [-0.39, 0.29) is 18.2 Å². The summed E-state index contributed by atoms with van der Waals surface area (Å²) < 4.78 is 5.35. The summed E-state index contributed by atoms with van der Waals surface area (Å²) in [6.45, 7) is 1.99. The first-order valence-corrected chi connectivity index (χ1v) is 9.82. The summed E-state index contributed by atoms with van der Waals surface area (Å²) in [6, 6.07) is 18.7. The largest absolute Gasteiger partial charge is 0.495 e. The second-order valence-electron chi connectivity index (χ2n) is 6.73. The lowest BCUT2D eigenvalue weighted by atomic mass is 9.80. The van der Waals surface area contributed by atoms with Gasteiger partial charge in [0.05, 0.1) is 19.2 Å². The van der Waals surface area contributed by atoms with Crippen molar-refractivity contribution in [3.8, 4) is 5.75 Å². The van der Waals surface area contributed by atoms with Crippen molar-refractivity contribution in [2.45, 2.75) is 18.9 Å². The van der Waals surface area contributed by atoms with Crippen LogP contribution < -0.4 is 15.0 Å². The van der Waals surface area contributed by atoms with Crippen molar-refractivity contribution in [2.75, 3.05) is 17.3 Å².